The number of rotatable bonds is 4. The van der Waals surface area contributed by atoms with Crippen LogP contribution in [0, 0.1) is 17.5 Å². The van der Waals surface area contributed by atoms with Crippen molar-refractivity contribution < 1.29 is 22.7 Å². The van der Waals surface area contributed by atoms with E-state index < -0.39 is 29.0 Å². The van der Waals surface area contributed by atoms with Gasteiger partial charge in [0.25, 0.3) is 5.91 Å². The highest BCUT2D eigenvalue weighted by molar-refractivity contribution is 5.92. The fraction of sp³-hybridized carbons (Fsp3) is 0.0714. The van der Waals surface area contributed by atoms with E-state index in [-0.39, 0.29) is 6.61 Å². The van der Waals surface area contributed by atoms with Gasteiger partial charge in [0.15, 0.2) is 24.1 Å². The number of anilines is 1. The number of halogens is 3. The monoisotopic (exact) mass is 281 g/mol. The van der Waals surface area contributed by atoms with Crippen LogP contribution >= 0.6 is 0 Å². The Labute approximate surface area is 113 Å². The lowest BCUT2D eigenvalue weighted by atomic mass is 10.3. The van der Waals surface area contributed by atoms with Gasteiger partial charge in [-0.05, 0) is 24.3 Å². The van der Waals surface area contributed by atoms with Crippen LogP contribution in [0.25, 0.3) is 0 Å². The third-order valence-corrected chi connectivity index (χ3v) is 2.42. The van der Waals surface area contributed by atoms with E-state index in [0.717, 1.165) is 12.1 Å². The third kappa shape index (κ3) is 3.28. The minimum Gasteiger partial charge on any atom is -0.484 e. The fourth-order valence-corrected chi connectivity index (χ4v) is 1.47. The predicted molar refractivity (Wildman–Crippen MR) is 66.9 cm³/mol. The van der Waals surface area contributed by atoms with Crippen LogP contribution in [-0.4, -0.2) is 12.5 Å². The van der Waals surface area contributed by atoms with E-state index in [2.05, 4.69) is 5.32 Å². The molecule has 0 unspecified atom stereocenters. The summed E-state index contributed by atoms with van der Waals surface area (Å²) in [5.74, 6) is -4.61. The lowest BCUT2D eigenvalue weighted by Crippen LogP contribution is -2.21. The summed E-state index contributed by atoms with van der Waals surface area (Å²) in [4.78, 5) is 11.5. The number of para-hydroxylation sites is 1. The molecule has 6 heteroatoms. The summed E-state index contributed by atoms with van der Waals surface area (Å²) < 4.78 is 44.1. The normalized spacial score (nSPS) is 10.2. The number of hydrogen-bond acceptors (Lipinski definition) is 2. The maximum absolute atomic E-state index is 13.3. The molecule has 0 aliphatic rings. The van der Waals surface area contributed by atoms with Gasteiger partial charge in [-0.15, -0.1) is 0 Å². The first-order valence-electron chi connectivity index (χ1n) is 5.69. The van der Waals surface area contributed by atoms with Gasteiger partial charge in [-0.3, -0.25) is 4.79 Å². The zero-order valence-corrected chi connectivity index (χ0v) is 10.2. The molecule has 0 fully saturated rings. The highest BCUT2D eigenvalue weighted by Gasteiger charge is 2.15. The van der Waals surface area contributed by atoms with Crippen molar-refractivity contribution in [1.29, 1.82) is 0 Å². The summed E-state index contributed by atoms with van der Waals surface area (Å²) in [6.45, 7) is -0.373. The average Bonchev–Trinajstić information content (AvgIpc) is 2.47. The van der Waals surface area contributed by atoms with Gasteiger partial charge in [0.05, 0.1) is 5.69 Å². The lowest BCUT2D eigenvalue weighted by Gasteiger charge is -2.08. The second-order valence-corrected chi connectivity index (χ2v) is 3.87. The molecule has 3 nitrogen and oxygen atoms in total. The molecule has 1 N–H and O–H groups in total. The molecule has 0 aromatic heterocycles. The Kier molecular flexibility index (Phi) is 4.24. The van der Waals surface area contributed by atoms with Gasteiger partial charge in [0, 0.05) is 0 Å². The number of amides is 1. The van der Waals surface area contributed by atoms with Gasteiger partial charge < -0.3 is 10.1 Å². The van der Waals surface area contributed by atoms with Crippen molar-refractivity contribution in [3.8, 4) is 5.75 Å². The first-order chi connectivity index (χ1) is 9.58. The van der Waals surface area contributed by atoms with Gasteiger partial charge in [0.2, 0.25) is 0 Å². The molecule has 0 heterocycles. The summed E-state index contributed by atoms with van der Waals surface area (Å²) in [5.41, 5.74) is -0.439. The topological polar surface area (TPSA) is 38.3 Å². The van der Waals surface area contributed by atoms with Crippen LogP contribution in [0.1, 0.15) is 0 Å². The van der Waals surface area contributed by atoms with E-state index in [1.54, 1.807) is 30.3 Å². The highest BCUT2D eigenvalue weighted by atomic mass is 19.2. The minimum atomic E-state index is -1.63. The molecule has 0 aliphatic carbocycles. The Morgan fingerprint density at radius 1 is 1.00 bits per heavy atom. The number of benzene rings is 2. The highest BCUT2D eigenvalue weighted by Crippen LogP contribution is 2.19. The number of carbonyl (C=O) groups excluding carboxylic acids is 1. The van der Waals surface area contributed by atoms with Crippen LogP contribution in [-0.2, 0) is 4.79 Å². The van der Waals surface area contributed by atoms with Crippen LogP contribution in [0.3, 0.4) is 0 Å². The SMILES string of the molecule is O=C(COc1ccccc1)Nc1ccc(F)c(F)c1F. The van der Waals surface area contributed by atoms with Crippen LogP contribution in [0.2, 0.25) is 0 Å². The van der Waals surface area contributed by atoms with Gasteiger partial charge in [-0.2, -0.15) is 0 Å². The van der Waals surface area contributed by atoms with Crippen LogP contribution in [0.4, 0.5) is 18.9 Å². The number of ether oxygens (including phenoxy) is 1. The molecule has 0 spiro atoms. The molecule has 0 saturated carbocycles. The van der Waals surface area contributed by atoms with Gasteiger partial charge >= 0.3 is 0 Å². The Balaban J connectivity index is 1.97. The summed E-state index contributed by atoms with van der Waals surface area (Å²) in [6, 6.07) is 10.2. The van der Waals surface area contributed by atoms with Crippen molar-refractivity contribution >= 4 is 11.6 Å². The summed E-state index contributed by atoms with van der Waals surface area (Å²) in [5, 5.41) is 2.10. The second-order valence-electron chi connectivity index (χ2n) is 3.87. The number of carbonyl (C=O) groups is 1. The molecular weight excluding hydrogens is 271 g/mol. The fourth-order valence-electron chi connectivity index (χ4n) is 1.47. The molecule has 0 saturated heterocycles. The van der Waals surface area contributed by atoms with Crippen molar-refractivity contribution in [2.45, 2.75) is 0 Å². The summed E-state index contributed by atoms with van der Waals surface area (Å²) in [6.07, 6.45) is 0. The quantitative estimate of drug-likeness (QED) is 0.874. The van der Waals surface area contributed by atoms with E-state index in [9.17, 15) is 18.0 Å². The maximum atomic E-state index is 13.3. The number of nitrogens with one attached hydrogen (secondary N) is 1. The molecular formula is C14H10F3NO2. The van der Waals surface area contributed by atoms with E-state index in [1.165, 1.54) is 0 Å². The summed E-state index contributed by atoms with van der Waals surface area (Å²) in [7, 11) is 0. The Hall–Kier alpha value is -2.50. The molecule has 20 heavy (non-hydrogen) atoms. The standard InChI is InChI=1S/C14H10F3NO2/c15-10-6-7-11(14(17)13(10)16)18-12(19)8-20-9-4-2-1-3-5-9/h1-7H,8H2,(H,18,19). The van der Waals surface area contributed by atoms with Crippen molar-refractivity contribution in [1.82, 2.24) is 0 Å². The summed E-state index contributed by atoms with van der Waals surface area (Å²) >= 11 is 0. The molecule has 0 aliphatic heterocycles. The molecule has 0 radical (unpaired) electrons. The molecule has 2 aromatic carbocycles. The lowest BCUT2D eigenvalue weighted by molar-refractivity contribution is -0.118. The average molecular weight is 281 g/mol. The van der Waals surface area contributed by atoms with Crippen LogP contribution in [0.5, 0.6) is 5.75 Å². The number of hydrogen-bond donors (Lipinski definition) is 1. The molecule has 0 atom stereocenters. The molecule has 0 bridgehead atoms. The molecule has 2 aromatic rings. The van der Waals surface area contributed by atoms with E-state index >= 15 is 0 Å². The van der Waals surface area contributed by atoms with Crippen LogP contribution < -0.4 is 10.1 Å². The Morgan fingerprint density at radius 2 is 1.70 bits per heavy atom. The largest absolute Gasteiger partial charge is 0.484 e. The third-order valence-electron chi connectivity index (χ3n) is 2.42. The van der Waals surface area contributed by atoms with Crippen molar-refractivity contribution in [3.63, 3.8) is 0 Å². The second kappa shape index (κ2) is 6.10. The van der Waals surface area contributed by atoms with E-state index in [0.29, 0.717) is 5.75 Å². The van der Waals surface area contributed by atoms with Gasteiger partial charge in [-0.1, -0.05) is 18.2 Å². The Bertz CT molecular complexity index is 617. The van der Waals surface area contributed by atoms with Crippen molar-refractivity contribution in [2.24, 2.45) is 0 Å². The predicted octanol–water partition coefficient (Wildman–Crippen LogP) is 3.12. The molecule has 1 amide bonds. The minimum absolute atomic E-state index is 0.373. The molecule has 2 rings (SSSR count). The first kappa shape index (κ1) is 13.9. The van der Waals surface area contributed by atoms with Gasteiger partial charge in [0.1, 0.15) is 5.75 Å². The van der Waals surface area contributed by atoms with Crippen molar-refractivity contribution in [3.05, 3.63) is 59.9 Å². The first-order valence-corrected chi connectivity index (χ1v) is 5.69. The van der Waals surface area contributed by atoms with Crippen LogP contribution in [0.15, 0.2) is 42.5 Å². The molecule has 104 valence electrons. The van der Waals surface area contributed by atoms with Gasteiger partial charge in [-0.25, -0.2) is 13.2 Å². The smallest absolute Gasteiger partial charge is 0.262 e. The maximum Gasteiger partial charge on any atom is 0.262 e. The zero-order chi connectivity index (χ0) is 14.5. The van der Waals surface area contributed by atoms with Crippen molar-refractivity contribution in [2.75, 3.05) is 11.9 Å². The Morgan fingerprint density at radius 3 is 2.40 bits per heavy atom. The van der Waals surface area contributed by atoms with E-state index in [4.69, 9.17) is 4.74 Å². The zero-order valence-electron chi connectivity index (χ0n) is 10.2. The van der Waals surface area contributed by atoms with E-state index in [1.807, 2.05) is 0 Å².